The number of hydrogen-bond acceptors (Lipinski definition) is 3. The van der Waals surface area contributed by atoms with Crippen LogP contribution in [0.5, 0.6) is 0 Å². The Balaban J connectivity index is 1.91. The van der Waals surface area contributed by atoms with Gasteiger partial charge in [0.15, 0.2) is 0 Å². The van der Waals surface area contributed by atoms with Gasteiger partial charge in [0.25, 0.3) is 0 Å². The summed E-state index contributed by atoms with van der Waals surface area (Å²) in [6.45, 7) is 3.20. The van der Waals surface area contributed by atoms with Crippen LogP contribution in [0.4, 0.5) is 10.6 Å². The molecule has 2 atom stereocenters. The van der Waals surface area contributed by atoms with Crippen molar-refractivity contribution in [2.45, 2.75) is 25.4 Å². The number of anilines is 1. The molecule has 17 heavy (non-hydrogen) atoms. The van der Waals surface area contributed by atoms with Crippen LogP contribution in [0.1, 0.15) is 12.5 Å². The first-order chi connectivity index (χ1) is 8.16. The third-order valence-electron chi connectivity index (χ3n) is 3.62. The molecule has 3 rings (SSSR count). The van der Waals surface area contributed by atoms with E-state index in [9.17, 15) is 4.79 Å². The highest BCUT2D eigenvalue weighted by molar-refractivity contribution is 5.66. The van der Waals surface area contributed by atoms with E-state index in [1.54, 1.807) is 6.20 Å². The molecule has 90 valence electrons. The Bertz CT molecular complexity index is 463. The minimum Gasteiger partial charge on any atom is -0.465 e. The summed E-state index contributed by atoms with van der Waals surface area (Å²) in [5.74, 6) is 1.04. The Kier molecular flexibility index (Phi) is 2.21. The molecule has 1 fully saturated rings. The van der Waals surface area contributed by atoms with Gasteiger partial charge in [0.2, 0.25) is 0 Å². The van der Waals surface area contributed by atoms with Crippen LogP contribution in [-0.2, 0) is 6.42 Å². The number of fused-ring (bicyclic) bond motifs is 3. The van der Waals surface area contributed by atoms with Gasteiger partial charge in [-0.05, 0) is 25.0 Å². The van der Waals surface area contributed by atoms with Gasteiger partial charge in [0.1, 0.15) is 5.82 Å². The Morgan fingerprint density at radius 1 is 1.53 bits per heavy atom. The highest BCUT2D eigenvalue weighted by Gasteiger charge is 2.40. The average Bonchev–Trinajstić information content (AvgIpc) is 2.67. The molecule has 0 bridgehead atoms. The molecule has 1 amide bonds. The lowest BCUT2D eigenvalue weighted by Gasteiger charge is -2.42. The number of pyridine rings is 1. The summed E-state index contributed by atoms with van der Waals surface area (Å²) in [5, 5.41) is 9.08. The molecule has 0 spiro atoms. The molecule has 5 nitrogen and oxygen atoms in total. The van der Waals surface area contributed by atoms with E-state index >= 15 is 0 Å². The fraction of sp³-hybridized carbons (Fsp3) is 0.500. The van der Waals surface area contributed by atoms with E-state index in [1.165, 1.54) is 10.5 Å². The minimum atomic E-state index is -0.819. The number of aromatic nitrogens is 1. The number of carbonyl (C=O) groups is 1. The third-order valence-corrected chi connectivity index (χ3v) is 3.62. The molecule has 1 aromatic heterocycles. The first kappa shape index (κ1) is 10.4. The number of rotatable bonds is 0. The first-order valence-electron chi connectivity index (χ1n) is 5.87. The molecule has 0 saturated carbocycles. The van der Waals surface area contributed by atoms with Crippen LogP contribution in [0.25, 0.3) is 0 Å². The van der Waals surface area contributed by atoms with Crippen LogP contribution < -0.4 is 4.90 Å². The molecule has 2 aliphatic rings. The minimum absolute atomic E-state index is 0.195. The Labute approximate surface area is 99.7 Å². The summed E-state index contributed by atoms with van der Waals surface area (Å²) in [4.78, 5) is 19.3. The average molecular weight is 233 g/mol. The molecule has 0 aliphatic carbocycles. The molecular weight excluding hydrogens is 218 g/mol. The van der Waals surface area contributed by atoms with E-state index in [1.807, 2.05) is 6.07 Å². The van der Waals surface area contributed by atoms with Gasteiger partial charge < -0.3 is 14.9 Å². The molecule has 1 saturated heterocycles. The van der Waals surface area contributed by atoms with Crippen molar-refractivity contribution in [3.8, 4) is 0 Å². The van der Waals surface area contributed by atoms with Gasteiger partial charge in [-0.3, -0.25) is 0 Å². The highest BCUT2D eigenvalue weighted by Crippen LogP contribution is 2.34. The van der Waals surface area contributed by atoms with Crippen molar-refractivity contribution in [2.75, 3.05) is 18.0 Å². The molecule has 1 aromatic rings. The lowest BCUT2D eigenvalue weighted by atomic mass is 10.1. The van der Waals surface area contributed by atoms with Crippen molar-refractivity contribution >= 4 is 11.9 Å². The maximum atomic E-state index is 11.1. The fourth-order valence-corrected chi connectivity index (χ4v) is 2.96. The molecule has 2 unspecified atom stereocenters. The van der Waals surface area contributed by atoms with Gasteiger partial charge in [0.05, 0.1) is 6.04 Å². The molecule has 3 heterocycles. The topological polar surface area (TPSA) is 56.7 Å². The monoisotopic (exact) mass is 233 g/mol. The van der Waals surface area contributed by atoms with Crippen LogP contribution in [0, 0.1) is 0 Å². The molecule has 0 radical (unpaired) electrons. The van der Waals surface area contributed by atoms with Crippen LogP contribution in [0.3, 0.4) is 0 Å². The zero-order valence-corrected chi connectivity index (χ0v) is 9.71. The Morgan fingerprint density at radius 2 is 2.35 bits per heavy atom. The van der Waals surface area contributed by atoms with Crippen molar-refractivity contribution in [3.05, 3.63) is 23.9 Å². The summed E-state index contributed by atoms with van der Waals surface area (Å²) in [5.41, 5.74) is 1.23. The second-order valence-electron chi connectivity index (χ2n) is 4.79. The summed E-state index contributed by atoms with van der Waals surface area (Å²) >= 11 is 0. The maximum Gasteiger partial charge on any atom is 0.407 e. The summed E-state index contributed by atoms with van der Waals surface area (Å²) in [7, 11) is 0. The van der Waals surface area contributed by atoms with Gasteiger partial charge >= 0.3 is 6.09 Å². The van der Waals surface area contributed by atoms with Crippen molar-refractivity contribution in [2.24, 2.45) is 0 Å². The molecule has 5 heteroatoms. The number of piperazine rings is 1. The lowest BCUT2D eigenvalue weighted by Crippen LogP contribution is -2.57. The smallest absolute Gasteiger partial charge is 0.407 e. The zero-order chi connectivity index (χ0) is 12.0. The van der Waals surface area contributed by atoms with Crippen LogP contribution in [0.2, 0.25) is 0 Å². The van der Waals surface area contributed by atoms with E-state index in [-0.39, 0.29) is 12.1 Å². The van der Waals surface area contributed by atoms with Crippen LogP contribution in [0.15, 0.2) is 18.3 Å². The SMILES string of the molecule is CC1CN(C(=O)O)CC2Cc3cccnc3N12. The van der Waals surface area contributed by atoms with Gasteiger partial charge in [-0.1, -0.05) is 6.07 Å². The number of hydrogen-bond donors (Lipinski definition) is 1. The van der Waals surface area contributed by atoms with Crippen molar-refractivity contribution in [3.63, 3.8) is 0 Å². The summed E-state index contributed by atoms with van der Waals surface area (Å²) in [6, 6.07) is 4.47. The molecule has 2 aliphatic heterocycles. The van der Waals surface area contributed by atoms with E-state index in [0.29, 0.717) is 13.1 Å². The predicted molar refractivity (Wildman–Crippen MR) is 63.3 cm³/mol. The quantitative estimate of drug-likeness (QED) is 0.731. The van der Waals surface area contributed by atoms with Gasteiger partial charge in [-0.2, -0.15) is 0 Å². The van der Waals surface area contributed by atoms with E-state index in [4.69, 9.17) is 5.11 Å². The Morgan fingerprint density at radius 3 is 3.12 bits per heavy atom. The summed E-state index contributed by atoms with van der Waals surface area (Å²) in [6.07, 6.45) is 1.88. The highest BCUT2D eigenvalue weighted by atomic mass is 16.4. The lowest BCUT2D eigenvalue weighted by molar-refractivity contribution is 0.128. The second kappa shape index (κ2) is 3.61. The van der Waals surface area contributed by atoms with Crippen LogP contribution in [-0.4, -0.2) is 46.3 Å². The predicted octanol–water partition coefficient (Wildman–Crippen LogP) is 1.19. The van der Waals surface area contributed by atoms with E-state index < -0.39 is 6.09 Å². The first-order valence-corrected chi connectivity index (χ1v) is 5.87. The maximum absolute atomic E-state index is 11.1. The largest absolute Gasteiger partial charge is 0.465 e. The normalized spacial score (nSPS) is 26.6. The van der Waals surface area contributed by atoms with Gasteiger partial charge in [-0.25, -0.2) is 9.78 Å². The fourth-order valence-electron chi connectivity index (χ4n) is 2.96. The van der Waals surface area contributed by atoms with Crippen molar-refractivity contribution in [1.29, 1.82) is 0 Å². The number of carboxylic acid groups (broad SMARTS) is 1. The Hall–Kier alpha value is -1.78. The number of nitrogens with zero attached hydrogens (tertiary/aromatic N) is 3. The van der Waals surface area contributed by atoms with Gasteiger partial charge in [-0.15, -0.1) is 0 Å². The zero-order valence-electron chi connectivity index (χ0n) is 9.71. The van der Waals surface area contributed by atoms with Gasteiger partial charge in [0, 0.05) is 25.3 Å². The number of amides is 1. The molecule has 0 aromatic carbocycles. The second-order valence-corrected chi connectivity index (χ2v) is 4.79. The standard InChI is InChI=1S/C12H15N3O2/c1-8-6-14(12(16)17)7-10-5-9-3-2-4-13-11(9)15(8)10/h2-4,8,10H,5-7H2,1H3,(H,16,17). The molecule has 1 N–H and O–H groups in total. The van der Waals surface area contributed by atoms with E-state index in [0.717, 1.165) is 12.2 Å². The van der Waals surface area contributed by atoms with E-state index in [2.05, 4.69) is 22.9 Å². The third kappa shape index (κ3) is 1.53. The van der Waals surface area contributed by atoms with Crippen molar-refractivity contribution < 1.29 is 9.90 Å². The van der Waals surface area contributed by atoms with Crippen molar-refractivity contribution in [1.82, 2.24) is 9.88 Å². The van der Waals surface area contributed by atoms with Crippen LogP contribution >= 0.6 is 0 Å². The molecular formula is C12H15N3O2. The summed E-state index contributed by atoms with van der Waals surface area (Å²) < 4.78 is 0.